The molecule has 0 N–H and O–H groups in total. The first-order chi connectivity index (χ1) is 11.6. The van der Waals surface area contributed by atoms with E-state index in [2.05, 4.69) is 22.8 Å². The Morgan fingerprint density at radius 2 is 2.00 bits per heavy atom. The summed E-state index contributed by atoms with van der Waals surface area (Å²) in [4.78, 5) is 17.9. The van der Waals surface area contributed by atoms with Crippen LogP contribution in [0.15, 0.2) is 24.3 Å². The quantitative estimate of drug-likeness (QED) is 0.841. The van der Waals surface area contributed by atoms with Gasteiger partial charge in [0.1, 0.15) is 0 Å². The van der Waals surface area contributed by atoms with Gasteiger partial charge in [0.15, 0.2) is 0 Å². The average molecular weight is 349 g/mol. The van der Waals surface area contributed by atoms with Gasteiger partial charge in [-0.05, 0) is 36.5 Å². The summed E-state index contributed by atoms with van der Waals surface area (Å²) in [5.41, 5.74) is 0.771. The van der Waals surface area contributed by atoms with Crippen molar-refractivity contribution in [2.24, 2.45) is 5.92 Å². The molecule has 0 aromatic heterocycles. The Morgan fingerprint density at radius 1 is 1.25 bits per heavy atom. The third-order valence-electron chi connectivity index (χ3n) is 5.91. The lowest BCUT2D eigenvalue weighted by molar-refractivity contribution is -0.133. The summed E-state index contributed by atoms with van der Waals surface area (Å²) in [6.07, 6.45) is 1.89. The highest BCUT2D eigenvalue weighted by Crippen LogP contribution is 2.50. The fourth-order valence-electron chi connectivity index (χ4n) is 4.34. The van der Waals surface area contributed by atoms with Crippen molar-refractivity contribution in [1.29, 1.82) is 0 Å². The van der Waals surface area contributed by atoms with E-state index in [1.807, 2.05) is 18.2 Å². The van der Waals surface area contributed by atoms with Crippen molar-refractivity contribution in [2.45, 2.75) is 31.2 Å². The molecule has 3 fully saturated rings. The van der Waals surface area contributed by atoms with Crippen molar-refractivity contribution in [3.8, 4) is 0 Å². The van der Waals surface area contributed by atoms with Gasteiger partial charge in [-0.1, -0.05) is 30.7 Å². The van der Waals surface area contributed by atoms with Crippen LogP contribution in [0.25, 0.3) is 0 Å². The van der Waals surface area contributed by atoms with Crippen molar-refractivity contribution >= 4 is 17.5 Å². The normalized spacial score (nSPS) is 29.7. The van der Waals surface area contributed by atoms with Crippen LogP contribution in [0.5, 0.6) is 0 Å². The number of carbonyl (C=O) groups is 1. The topological polar surface area (TPSA) is 32.8 Å². The van der Waals surface area contributed by atoms with Crippen LogP contribution < -0.4 is 0 Å². The van der Waals surface area contributed by atoms with Crippen LogP contribution in [0.3, 0.4) is 0 Å². The molecule has 0 bridgehead atoms. The monoisotopic (exact) mass is 348 g/mol. The second-order valence-electron chi connectivity index (χ2n) is 7.50. The van der Waals surface area contributed by atoms with Crippen LogP contribution >= 0.6 is 11.6 Å². The molecule has 24 heavy (non-hydrogen) atoms. The van der Waals surface area contributed by atoms with E-state index in [-0.39, 0.29) is 5.41 Å². The number of ether oxygens (including phenoxy) is 1. The predicted molar refractivity (Wildman–Crippen MR) is 94.3 cm³/mol. The van der Waals surface area contributed by atoms with Gasteiger partial charge < -0.3 is 9.64 Å². The molecule has 4 rings (SSSR count). The van der Waals surface area contributed by atoms with Gasteiger partial charge in [-0.25, -0.2) is 0 Å². The van der Waals surface area contributed by atoms with Gasteiger partial charge in [0.2, 0.25) is 5.91 Å². The van der Waals surface area contributed by atoms with Crippen LogP contribution in [0.2, 0.25) is 5.02 Å². The molecule has 130 valence electrons. The zero-order valence-electron chi connectivity index (χ0n) is 14.2. The molecule has 2 atom stereocenters. The number of carbonyl (C=O) groups excluding carboxylic acids is 1. The summed E-state index contributed by atoms with van der Waals surface area (Å²) in [5.74, 6) is 0.814. The molecular weight excluding hydrogens is 324 g/mol. The Morgan fingerprint density at radius 3 is 2.67 bits per heavy atom. The van der Waals surface area contributed by atoms with E-state index in [1.54, 1.807) is 0 Å². The number of rotatable bonds is 3. The smallest absolute Gasteiger partial charge is 0.233 e. The van der Waals surface area contributed by atoms with Crippen molar-refractivity contribution in [2.75, 3.05) is 39.4 Å². The van der Waals surface area contributed by atoms with Gasteiger partial charge in [-0.15, -0.1) is 0 Å². The summed E-state index contributed by atoms with van der Waals surface area (Å²) in [7, 11) is 0. The van der Waals surface area contributed by atoms with Crippen molar-refractivity contribution in [3.63, 3.8) is 0 Å². The highest BCUT2D eigenvalue weighted by Gasteiger charge is 2.54. The van der Waals surface area contributed by atoms with E-state index in [1.165, 1.54) is 0 Å². The molecule has 0 unspecified atom stereocenters. The first kappa shape index (κ1) is 16.4. The first-order valence-corrected chi connectivity index (χ1v) is 9.35. The standard InChI is InChI=1S/C19H25ClN2O2/c1-14-12-22(13-17(14)21-7-9-24-10-8-21)18(23)19(5-6-19)15-3-2-4-16(20)11-15/h2-4,11,14,17H,5-10,12-13H2,1H3/t14-,17-/m0/s1. The highest BCUT2D eigenvalue weighted by molar-refractivity contribution is 6.30. The Balaban J connectivity index is 1.49. The fraction of sp³-hybridized carbons (Fsp3) is 0.632. The largest absolute Gasteiger partial charge is 0.379 e. The lowest BCUT2D eigenvalue weighted by atomic mass is 9.94. The fourth-order valence-corrected chi connectivity index (χ4v) is 4.53. The zero-order chi connectivity index (χ0) is 16.7. The maximum atomic E-state index is 13.3. The average Bonchev–Trinajstić information content (AvgIpc) is 3.32. The Kier molecular flexibility index (Phi) is 4.31. The second kappa shape index (κ2) is 6.32. The molecule has 3 aliphatic rings. The van der Waals surface area contributed by atoms with Crippen LogP contribution in [-0.4, -0.2) is 61.1 Å². The van der Waals surface area contributed by atoms with Gasteiger partial charge in [-0.3, -0.25) is 9.69 Å². The van der Waals surface area contributed by atoms with Crippen LogP contribution in [-0.2, 0) is 14.9 Å². The Bertz CT molecular complexity index is 626. The van der Waals surface area contributed by atoms with Crippen LogP contribution in [0, 0.1) is 5.92 Å². The van der Waals surface area contributed by atoms with E-state index in [0.29, 0.717) is 22.9 Å². The number of hydrogen-bond acceptors (Lipinski definition) is 3. The van der Waals surface area contributed by atoms with Gasteiger partial charge >= 0.3 is 0 Å². The van der Waals surface area contributed by atoms with Crippen molar-refractivity contribution in [3.05, 3.63) is 34.9 Å². The third-order valence-corrected chi connectivity index (χ3v) is 6.15. The molecule has 1 saturated carbocycles. The van der Waals surface area contributed by atoms with Crippen LogP contribution in [0.4, 0.5) is 0 Å². The number of benzene rings is 1. The maximum absolute atomic E-state index is 13.3. The second-order valence-corrected chi connectivity index (χ2v) is 7.93. The zero-order valence-corrected chi connectivity index (χ0v) is 15.0. The van der Waals surface area contributed by atoms with Gasteiger partial charge in [-0.2, -0.15) is 0 Å². The minimum atomic E-state index is -0.315. The summed E-state index contributed by atoms with van der Waals surface area (Å²) in [6.45, 7) is 7.57. The molecule has 0 radical (unpaired) electrons. The third kappa shape index (κ3) is 2.85. The molecule has 1 amide bonds. The summed E-state index contributed by atoms with van der Waals surface area (Å²) in [6, 6.07) is 8.31. The van der Waals surface area contributed by atoms with Crippen molar-refractivity contribution < 1.29 is 9.53 Å². The lowest BCUT2D eigenvalue weighted by Crippen LogP contribution is -2.47. The molecule has 2 saturated heterocycles. The SMILES string of the molecule is C[C@H]1CN(C(=O)C2(c3cccc(Cl)c3)CC2)C[C@@H]1N1CCOCC1. The summed E-state index contributed by atoms with van der Waals surface area (Å²) >= 11 is 6.15. The molecule has 2 aliphatic heterocycles. The Labute approximate surface area is 148 Å². The van der Waals surface area contributed by atoms with Gasteiger partial charge in [0.05, 0.1) is 18.6 Å². The lowest BCUT2D eigenvalue weighted by Gasteiger charge is -2.34. The first-order valence-electron chi connectivity index (χ1n) is 8.97. The minimum absolute atomic E-state index is 0.298. The van der Waals surface area contributed by atoms with E-state index >= 15 is 0 Å². The molecule has 0 spiro atoms. The number of amides is 1. The van der Waals surface area contributed by atoms with Gasteiger partial charge in [0, 0.05) is 37.2 Å². The minimum Gasteiger partial charge on any atom is -0.379 e. The van der Waals surface area contributed by atoms with E-state index in [4.69, 9.17) is 16.3 Å². The maximum Gasteiger partial charge on any atom is 0.233 e. The van der Waals surface area contributed by atoms with Gasteiger partial charge in [0.25, 0.3) is 0 Å². The Hall–Kier alpha value is -1.10. The van der Waals surface area contributed by atoms with E-state index in [9.17, 15) is 4.79 Å². The highest BCUT2D eigenvalue weighted by atomic mass is 35.5. The predicted octanol–water partition coefficient (Wildman–Crippen LogP) is 2.55. The molecule has 1 aromatic carbocycles. The van der Waals surface area contributed by atoms with E-state index in [0.717, 1.165) is 57.8 Å². The molecule has 5 heteroatoms. The number of nitrogens with zero attached hydrogens (tertiary/aromatic N) is 2. The molecular formula is C19H25ClN2O2. The van der Waals surface area contributed by atoms with E-state index < -0.39 is 0 Å². The molecule has 1 aromatic rings. The molecule has 4 nitrogen and oxygen atoms in total. The molecule has 2 heterocycles. The van der Waals surface area contributed by atoms with Crippen molar-refractivity contribution in [1.82, 2.24) is 9.80 Å². The molecule has 1 aliphatic carbocycles. The number of morpholine rings is 1. The van der Waals surface area contributed by atoms with Crippen LogP contribution in [0.1, 0.15) is 25.3 Å². The summed E-state index contributed by atoms with van der Waals surface area (Å²) < 4.78 is 5.47. The number of halogens is 1. The number of likely N-dealkylation sites (tertiary alicyclic amines) is 1. The summed E-state index contributed by atoms with van der Waals surface area (Å²) in [5, 5.41) is 0.715. The number of hydrogen-bond donors (Lipinski definition) is 0.